The third kappa shape index (κ3) is 3.24. The van der Waals surface area contributed by atoms with Crippen LogP contribution in [-0.4, -0.2) is 34.8 Å². The summed E-state index contributed by atoms with van der Waals surface area (Å²) in [4.78, 5) is 26.0. The maximum absolute atomic E-state index is 12.4. The molecule has 4 heteroatoms. The molecule has 2 unspecified atom stereocenters. The van der Waals surface area contributed by atoms with Crippen LogP contribution >= 0.6 is 0 Å². The Morgan fingerprint density at radius 2 is 1.89 bits per heavy atom. The number of nitrogens with one attached hydrogen (secondary N) is 1. The monoisotopic (exact) mass is 264 g/mol. The number of carbonyl (C=O) groups excluding carboxylic acids is 2. The number of nitrogens with zero attached hydrogens (tertiary/aromatic N) is 1. The minimum Gasteiger partial charge on any atom is -0.299 e. The highest BCUT2D eigenvalue weighted by Gasteiger charge is 2.42. The highest BCUT2D eigenvalue weighted by atomic mass is 16.2. The van der Waals surface area contributed by atoms with E-state index in [4.69, 9.17) is 0 Å². The van der Waals surface area contributed by atoms with Gasteiger partial charge < -0.3 is 0 Å². The minimum absolute atomic E-state index is 0.00865. The molecule has 2 fully saturated rings. The van der Waals surface area contributed by atoms with Crippen molar-refractivity contribution in [2.75, 3.05) is 0 Å². The second-order valence-electron chi connectivity index (χ2n) is 5.70. The molecule has 2 rings (SSSR count). The van der Waals surface area contributed by atoms with Crippen LogP contribution in [0.2, 0.25) is 0 Å². The van der Waals surface area contributed by atoms with Gasteiger partial charge in [-0.1, -0.05) is 31.8 Å². The van der Waals surface area contributed by atoms with Gasteiger partial charge in [0, 0.05) is 12.1 Å². The Morgan fingerprint density at radius 1 is 1.26 bits per heavy atom. The van der Waals surface area contributed by atoms with Crippen LogP contribution in [0.4, 0.5) is 0 Å². The van der Waals surface area contributed by atoms with Crippen molar-refractivity contribution in [2.45, 2.75) is 70.0 Å². The van der Waals surface area contributed by atoms with Gasteiger partial charge in [-0.3, -0.25) is 19.8 Å². The quantitative estimate of drug-likeness (QED) is 0.480. The smallest absolute Gasteiger partial charge is 0.247 e. The molecule has 0 radical (unpaired) electrons. The standard InChI is InChI=1S/C15H24N2O2/c1-3-11(2)16-13-10-14(18)17(15(13)19)12-8-6-4-5-7-9-12/h3,11-13,16H,1,4-10H2,2H3. The molecule has 0 spiro atoms. The number of likely N-dealkylation sites (tertiary alicyclic amines) is 1. The van der Waals surface area contributed by atoms with Crippen LogP contribution in [0, 0.1) is 0 Å². The number of carbonyl (C=O) groups is 2. The highest BCUT2D eigenvalue weighted by Crippen LogP contribution is 2.26. The first-order valence-corrected chi connectivity index (χ1v) is 7.38. The Balaban J connectivity index is 2.02. The lowest BCUT2D eigenvalue weighted by Crippen LogP contribution is -2.45. The van der Waals surface area contributed by atoms with Crippen LogP contribution < -0.4 is 5.32 Å². The molecule has 1 N–H and O–H groups in total. The lowest BCUT2D eigenvalue weighted by molar-refractivity contribution is -0.141. The van der Waals surface area contributed by atoms with Gasteiger partial charge in [0.2, 0.25) is 11.8 Å². The van der Waals surface area contributed by atoms with Crippen molar-refractivity contribution < 1.29 is 9.59 Å². The number of amides is 2. The van der Waals surface area contributed by atoms with Crippen molar-refractivity contribution >= 4 is 11.8 Å². The molecule has 1 saturated carbocycles. The largest absolute Gasteiger partial charge is 0.299 e. The number of hydrogen-bond acceptors (Lipinski definition) is 3. The number of hydrogen-bond donors (Lipinski definition) is 1. The van der Waals surface area contributed by atoms with E-state index in [1.807, 2.05) is 6.92 Å². The molecule has 106 valence electrons. The van der Waals surface area contributed by atoms with Crippen LogP contribution in [-0.2, 0) is 9.59 Å². The molecule has 4 nitrogen and oxygen atoms in total. The Bertz CT molecular complexity index is 359. The fourth-order valence-electron chi connectivity index (χ4n) is 3.07. The first-order chi connectivity index (χ1) is 9.13. The van der Waals surface area contributed by atoms with E-state index in [0.717, 1.165) is 25.7 Å². The lowest BCUT2D eigenvalue weighted by Gasteiger charge is -2.25. The second kappa shape index (κ2) is 6.33. The van der Waals surface area contributed by atoms with Gasteiger partial charge in [-0.05, 0) is 19.8 Å². The Kier molecular flexibility index (Phi) is 4.75. The van der Waals surface area contributed by atoms with Gasteiger partial charge in [-0.2, -0.15) is 0 Å². The number of rotatable bonds is 4. The van der Waals surface area contributed by atoms with Gasteiger partial charge in [-0.15, -0.1) is 6.58 Å². The zero-order chi connectivity index (χ0) is 13.8. The molecule has 0 aromatic rings. The van der Waals surface area contributed by atoms with E-state index in [0.29, 0.717) is 6.42 Å². The molecule has 2 aliphatic rings. The predicted molar refractivity (Wildman–Crippen MR) is 74.5 cm³/mol. The van der Waals surface area contributed by atoms with Crippen molar-refractivity contribution in [3.8, 4) is 0 Å². The third-order valence-corrected chi connectivity index (χ3v) is 4.19. The summed E-state index contributed by atoms with van der Waals surface area (Å²) in [6.07, 6.45) is 8.71. The van der Waals surface area contributed by atoms with E-state index in [2.05, 4.69) is 11.9 Å². The summed E-state index contributed by atoms with van der Waals surface area (Å²) in [5.41, 5.74) is 0. The van der Waals surface area contributed by atoms with Crippen LogP contribution in [0.15, 0.2) is 12.7 Å². The van der Waals surface area contributed by atoms with Crippen molar-refractivity contribution in [2.24, 2.45) is 0 Å². The van der Waals surface area contributed by atoms with E-state index in [-0.39, 0.29) is 29.9 Å². The molecule has 1 aliphatic carbocycles. The summed E-state index contributed by atoms with van der Waals surface area (Å²) in [5.74, 6) is -0.0451. The van der Waals surface area contributed by atoms with Crippen LogP contribution in [0.5, 0.6) is 0 Å². The van der Waals surface area contributed by atoms with Crippen molar-refractivity contribution in [3.63, 3.8) is 0 Å². The normalized spacial score (nSPS) is 27.4. The van der Waals surface area contributed by atoms with Crippen LogP contribution in [0.25, 0.3) is 0 Å². The molecule has 2 amide bonds. The van der Waals surface area contributed by atoms with E-state index >= 15 is 0 Å². The summed E-state index contributed by atoms with van der Waals surface area (Å²) < 4.78 is 0. The lowest BCUT2D eigenvalue weighted by atomic mass is 10.1. The number of imide groups is 1. The zero-order valence-corrected chi connectivity index (χ0v) is 11.7. The fourth-order valence-corrected chi connectivity index (χ4v) is 3.07. The Labute approximate surface area is 115 Å². The Morgan fingerprint density at radius 3 is 2.47 bits per heavy atom. The fraction of sp³-hybridized carbons (Fsp3) is 0.733. The van der Waals surface area contributed by atoms with Gasteiger partial charge in [0.15, 0.2) is 0 Å². The van der Waals surface area contributed by atoms with Gasteiger partial charge in [0.1, 0.15) is 0 Å². The van der Waals surface area contributed by atoms with Gasteiger partial charge in [0.25, 0.3) is 0 Å². The van der Waals surface area contributed by atoms with Crippen LogP contribution in [0.1, 0.15) is 51.9 Å². The highest BCUT2D eigenvalue weighted by molar-refractivity contribution is 6.05. The molecule has 1 saturated heterocycles. The molecular formula is C15H24N2O2. The molecule has 1 aliphatic heterocycles. The third-order valence-electron chi connectivity index (χ3n) is 4.19. The maximum Gasteiger partial charge on any atom is 0.247 e. The van der Waals surface area contributed by atoms with Crippen LogP contribution in [0.3, 0.4) is 0 Å². The summed E-state index contributed by atoms with van der Waals surface area (Å²) in [6, 6.07) is -0.173. The first kappa shape index (κ1) is 14.3. The SMILES string of the molecule is C=CC(C)NC1CC(=O)N(C2CCCCCC2)C1=O. The van der Waals surface area contributed by atoms with E-state index in [1.165, 1.54) is 12.8 Å². The molecule has 2 atom stereocenters. The zero-order valence-electron chi connectivity index (χ0n) is 11.7. The molecule has 1 heterocycles. The molecule has 19 heavy (non-hydrogen) atoms. The minimum atomic E-state index is -0.358. The average molecular weight is 264 g/mol. The van der Waals surface area contributed by atoms with E-state index < -0.39 is 0 Å². The molecule has 0 aromatic carbocycles. The van der Waals surface area contributed by atoms with Gasteiger partial charge >= 0.3 is 0 Å². The van der Waals surface area contributed by atoms with Crippen molar-refractivity contribution in [3.05, 3.63) is 12.7 Å². The predicted octanol–water partition coefficient (Wildman–Crippen LogP) is 2.00. The summed E-state index contributed by atoms with van der Waals surface area (Å²) >= 11 is 0. The van der Waals surface area contributed by atoms with E-state index in [1.54, 1.807) is 11.0 Å². The average Bonchev–Trinajstić information content (AvgIpc) is 2.62. The second-order valence-corrected chi connectivity index (χ2v) is 5.70. The maximum atomic E-state index is 12.4. The van der Waals surface area contributed by atoms with Crippen molar-refractivity contribution in [1.29, 1.82) is 0 Å². The summed E-state index contributed by atoms with van der Waals surface area (Å²) in [5, 5.41) is 3.16. The topological polar surface area (TPSA) is 49.4 Å². The first-order valence-electron chi connectivity index (χ1n) is 7.38. The molecular weight excluding hydrogens is 240 g/mol. The summed E-state index contributed by atoms with van der Waals surface area (Å²) in [6.45, 7) is 5.64. The summed E-state index contributed by atoms with van der Waals surface area (Å²) in [7, 11) is 0. The molecule has 0 bridgehead atoms. The Hall–Kier alpha value is -1.16. The van der Waals surface area contributed by atoms with Gasteiger partial charge in [0.05, 0.1) is 12.5 Å². The van der Waals surface area contributed by atoms with Gasteiger partial charge in [-0.25, -0.2) is 0 Å². The van der Waals surface area contributed by atoms with E-state index in [9.17, 15) is 9.59 Å². The van der Waals surface area contributed by atoms with Crippen molar-refractivity contribution in [1.82, 2.24) is 10.2 Å². The molecule has 0 aromatic heterocycles.